The summed E-state index contributed by atoms with van der Waals surface area (Å²) in [6.45, 7) is 3.34. The Hall–Kier alpha value is -1.00. The number of thiol groups is 1. The van der Waals surface area contributed by atoms with Crippen LogP contribution in [0.1, 0.15) is 23.2 Å². The van der Waals surface area contributed by atoms with Gasteiger partial charge in [0.15, 0.2) is 0 Å². The number of amides is 1. The van der Waals surface area contributed by atoms with Gasteiger partial charge in [0.25, 0.3) is 5.91 Å². The van der Waals surface area contributed by atoms with E-state index in [9.17, 15) is 4.79 Å². The molecule has 0 spiro atoms. The van der Waals surface area contributed by atoms with E-state index in [0.717, 1.165) is 12.1 Å². The van der Waals surface area contributed by atoms with Crippen LogP contribution < -0.4 is 0 Å². The van der Waals surface area contributed by atoms with E-state index in [-0.39, 0.29) is 11.9 Å². The number of hydrogen-bond acceptors (Lipinski definition) is 3. The third-order valence-corrected chi connectivity index (χ3v) is 4.64. The van der Waals surface area contributed by atoms with Crippen LogP contribution in [-0.2, 0) is 0 Å². The van der Waals surface area contributed by atoms with E-state index in [1.54, 1.807) is 4.31 Å². The minimum atomic E-state index is 0.0256. The molecule has 0 aliphatic carbocycles. The molecule has 18 heavy (non-hydrogen) atoms. The molecule has 1 aromatic rings. The largest absolute Gasteiger partial charge is 0.301 e. The molecule has 3 aliphatic heterocycles. The van der Waals surface area contributed by atoms with Gasteiger partial charge >= 0.3 is 0 Å². The highest BCUT2D eigenvalue weighted by atomic mass is 32.1. The first-order valence-corrected chi connectivity index (χ1v) is 6.95. The summed E-state index contributed by atoms with van der Waals surface area (Å²) < 4.78 is 1.66. The summed E-state index contributed by atoms with van der Waals surface area (Å²) >= 11 is 4.47. The normalized spacial score (nSPS) is 30.2. The third-order valence-electron chi connectivity index (χ3n) is 4.16. The van der Waals surface area contributed by atoms with Crippen LogP contribution in [-0.4, -0.2) is 40.8 Å². The lowest BCUT2D eigenvalue weighted by molar-refractivity contribution is 0.0371. The lowest BCUT2D eigenvalue weighted by Gasteiger charge is -2.47. The second kappa shape index (κ2) is 4.94. The molecule has 4 heteroatoms. The van der Waals surface area contributed by atoms with Crippen molar-refractivity contribution in [3.05, 3.63) is 35.9 Å². The summed E-state index contributed by atoms with van der Waals surface area (Å²) in [5.41, 5.74) is 0.726. The Bertz CT molecular complexity index is 429. The van der Waals surface area contributed by atoms with E-state index in [0.29, 0.717) is 5.92 Å². The number of hydrogen-bond donors (Lipinski definition) is 1. The lowest BCUT2D eigenvalue weighted by atomic mass is 9.84. The highest BCUT2D eigenvalue weighted by molar-refractivity contribution is 7.78. The Kier molecular flexibility index (Phi) is 3.31. The number of piperidine rings is 3. The Morgan fingerprint density at radius 3 is 2.44 bits per heavy atom. The van der Waals surface area contributed by atoms with Crippen molar-refractivity contribution < 1.29 is 4.79 Å². The number of benzene rings is 1. The SMILES string of the molecule is O=C(c1ccccc1)N(S)C1CN2CCC1CC2. The zero-order valence-corrected chi connectivity index (χ0v) is 11.2. The van der Waals surface area contributed by atoms with Crippen molar-refractivity contribution in [2.75, 3.05) is 19.6 Å². The molecule has 3 aliphatic rings. The van der Waals surface area contributed by atoms with Crippen LogP contribution in [0, 0.1) is 5.92 Å². The van der Waals surface area contributed by atoms with Crippen LogP contribution in [0.4, 0.5) is 0 Å². The van der Waals surface area contributed by atoms with Gasteiger partial charge in [0.2, 0.25) is 0 Å². The van der Waals surface area contributed by atoms with E-state index in [2.05, 4.69) is 17.7 Å². The highest BCUT2D eigenvalue weighted by Crippen LogP contribution is 2.32. The van der Waals surface area contributed by atoms with Gasteiger partial charge in [-0.15, -0.1) is 0 Å². The van der Waals surface area contributed by atoms with Gasteiger partial charge in [0.1, 0.15) is 0 Å². The van der Waals surface area contributed by atoms with Gasteiger partial charge in [-0.25, -0.2) is 0 Å². The minimum absolute atomic E-state index is 0.0256. The van der Waals surface area contributed by atoms with Crippen molar-refractivity contribution in [2.45, 2.75) is 18.9 Å². The monoisotopic (exact) mass is 262 g/mol. The molecule has 1 unspecified atom stereocenters. The number of carbonyl (C=O) groups is 1. The molecule has 3 heterocycles. The van der Waals surface area contributed by atoms with Crippen molar-refractivity contribution in [3.8, 4) is 0 Å². The summed E-state index contributed by atoms with van der Waals surface area (Å²) in [4.78, 5) is 14.8. The Balaban J connectivity index is 1.75. The van der Waals surface area contributed by atoms with Gasteiger partial charge in [0.05, 0.1) is 6.04 Å². The predicted molar refractivity (Wildman–Crippen MR) is 74.5 cm³/mol. The molecule has 1 amide bonds. The highest BCUT2D eigenvalue weighted by Gasteiger charge is 2.38. The first-order valence-electron chi connectivity index (χ1n) is 6.55. The first kappa shape index (κ1) is 12.1. The molecule has 0 saturated carbocycles. The summed E-state index contributed by atoms with van der Waals surface area (Å²) in [5, 5.41) is 0. The maximum Gasteiger partial charge on any atom is 0.263 e. The van der Waals surface area contributed by atoms with Crippen molar-refractivity contribution in [3.63, 3.8) is 0 Å². The van der Waals surface area contributed by atoms with E-state index in [1.807, 2.05) is 30.3 Å². The molecule has 2 bridgehead atoms. The zero-order chi connectivity index (χ0) is 12.5. The van der Waals surface area contributed by atoms with Gasteiger partial charge in [0, 0.05) is 12.1 Å². The van der Waals surface area contributed by atoms with Crippen LogP contribution >= 0.6 is 12.8 Å². The summed E-state index contributed by atoms with van der Waals surface area (Å²) in [6.07, 6.45) is 2.40. The fraction of sp³-hybridized carbons (Fsp3) is 0.500. The van der Waals surface area contributed by atoms with Gasteiger partial charge in [-0.3, -0.25) is 9.10 Å². The second-order valence-corrected chi connectivity index (χ2v) is 5.65. The van der Waals surface area contributed by atoms with E-state index < -0.39 is 0 Å². The van der Waals surface area contributed by atoms with Crippen LogP contribution in [0.3, 0.4) is 0 Å². The van der Waals surface area contributed by atoms with Crippen LogP contribution in [0.15, 0.2) is 30.3 Å². The fourth-order valence-corrected chi connectivity index (χ4v) is 3.45. The van der Waals surface area contributed by atoms with Crippen LogP contribution in [0.5, 0.6) is 0 Å². The number of carbonyl (C=O) groups excluding carboxylic acids is 1. The first-order chi connectivity index (χ1) is 8.75. The molecule has 3 fully saturated rings. The summed E-state index contributed by atoms with van der Waals surface area (Å²) in [6, 6.07) is 9.69. The van der Waals surface area contributed by atoms with Gasteiger partial charge in [-0.2, -0.15) is 0 Å². The number of rotatable bonds is 2. The molecule has 3 saturated heterocycles. The van der Waals surface area contributed by atoms with Crippen molar-refractivity contribution in [1.82, 2.24) is 9.21 Å². The van der Waals surface area contributed by atoms with Crippen LogP contribution in [0.25, 0.3) is 0 Å². The maximum absolute atomic E-state index is 12.4. The second-order valence-electron chi connectivity index (χ2n) is 5.22. The van der Waals surface area contributed by atoms with E-state index in [1.165, 1.54) is 25.9 Å². The molecule has 0 radical (unpaired) electrons. The van der Waals surface area contributed by atoms with Crippen molar-refractivity contribution in [2.24, 2.45) is 5.92 Å². The average molecular weight is 262 g/mol. The lowest BCUT2D eigenvalue weighted by Crippen LogP contribution is -2.56. The van der Waals surface area contributed by atoms with E-state index in [4.69, 9.17) is 0 Å². The van der Waals surface area contributed by atoms with E-state index >= 15 is 0 Å². The van der Waals surface area contributed by atoms with Crippen LogP contribution in [0.2, 0.25) is 0 Å². The number of nitrogens with zero attached hydrogens (tertiary/aromatic N) is 2. The molecule has 96 valence electrons. The standard InChI is InChI=1S/C14H18N2OS/c17-14(12-4-2-1-3-5-12)16(18)13-10-15-8-6-11(13)7-9-15/h1-5,11,13,18H,6-10H2. The Labute approximate surface area is 113 Å². The Morgan fingerprint density at radius 1 is 1.22 bits per heavy atom. The smallest absolute Gasteiger partial charge is 0.263 e. The average Bonchev–Trinajstić information content (AvgIpc) is 2.48. The topological polar surface area (TPSA) is 23.6 Å². The maximum atomic E-state index is 12.4. The fourth-order valence-electron chi connectivity index (χ4n) is 3.07. The molecule has 0 aromatic heterocycles. The molecule has 1 aromatic carbocycles. The predicted octanol–water partition coefficient (Wildman–Crippen LogP) is 2.07. The molecule has 3 nitrogen and oxygen atoms in total. The zero-order valence-electron chi connectivity index (χ0n) is 10.3. The third kappa shape index (κ3) is 2.15. The van der Waals surface area contributed by atoms with Crippen molar-refractivity contribution in [1.29, 1.82) is 0 Å². The summed E-state index contributed by atoms with van der Waals surface area (Å²) in [7, 11) is 0. The Morgan fingerprint density at radius 2 is 1.89 bits per heavy atom. The van der Waals surface area contributed by atoms with Gasteiger partial charge in [-0.1, -0.05) is 31.0 Å². The quantitative estimate of drug-likeness (QED) is 0.825. The molecule has 0 N–H and O–H groups in total. The van der Waals surface area contributed by atoms with Crippen molar-refractivity contribution >= 4 is 18.7 Å². The van der Waals surface area contributed by atoms with Gasteiger partial charge in [-0.05, 0) is 44.0 Å². The molecule has 4 rings (SSSR count). The molecular weight excluding hydrogens is 244 g/mol. The summed E-state index contributed by atoms with van der Waals surface area (Å²) in [5.74, 6) is 0.651. The molecule has 1 atom stereocenters. The number of fused-ring (bicyclic) bond motifs is 3. The molecular formula is C14H18N2OS. The van der Waals surface area contributed by atoms with Gasteiger partial charge < -0.3 is 4.90 Å². The minimum Gasteiger partial charge on any atom is -0.301 e.